The van der Waals surface area contributed by atoms with Gasteiger partial charge in [-0.2, -0.15) is 0 Å². The van der Waals surface area contributed by atoms with Crippen LogP contribution < -0.4 is 0 Å². The Morgan fingerprint density at radius 2 is 1.22 bits per heavy atom. The molecule has 0 radical (unpaired) electrons. The third-order valence-electron chi connectivity index (χ3n) is 4.26. The first-order chi connectivity index (χ1) is 11.3. The van der Waals surface area contributed by atoms with Gasteiger partial charge in [0.05, 0.1) is 12.2 Å². The quantitative estimate of drug-likeness (QED) is 0.370. The van der Waals surface area contributed by atoms with Crippen LogP contribution in [0.4, 0.5) is 0 Å². The highest BCUT2D eigenvalue weighted by molar-refractivity contribution is 6.25. The molecule has 0 bridgehead atoms. The van der Waals surface area contributed by atoms with Crippen molar-refractivity contribution >= 4 is 38.3 Å². The van der Waals surface area contributed by atoms with Crippen LogP contribution in [0.5, 0.6) is 0 Å². The van der Waals surface area contributed by atoms with Crippen molar-refractivity contribution in [3.63, 3.8) is 0 Å². The number of hydrogen-bond donors (Lipinski definition) is 0. The summed E-state index contributed by atoms with van der Waals surface area (Å²) in [5.41, 5.74) is 0.597. The van der Waals surface area contributed by atoms with E-state index in [2.05, 4.69) is 42.5 Å². The van der Waals surface area contributed by atoms with Crippen molar-refractivity contribution in [1.82, 2.24) is 0 Å². The normalized spacial score (nSPS) is 11.2. The third kappa shape index (κ3) is 2.15. The van der Waals surface area contributed by atoms with Crippen LogP contribution in [0.15, 0.2) is 66.7 Å². The molecule has 0 unspecified atom stereocenters. The topological polar surface area (TPSA) is 26.3 Å². The average molecular weight is 300 g/mol. The van der Waals surface area contributed by atoms with Gasteiger partial charge in [0.15, 0.2) is 0 Å². The molecule has 0 atom stereocenters. The fourth-order valence-electron chi connectivity index (χ4n) is 3.25. The standard InChI is InChI=1S/C21H16O2/c1-2-23-21(22)14-11-12-19-17-9-4-3-7-15(17)16-8-5-6-10-18(16)20(19)13-14/h3-13H,2H2,1H3. The van der Waals surface area contributed by atoms with Crippen LogP contribution in [0.2, 0.25) is 0 Å². The van der Waals surface area contributed by atoms with E-state index < -0.39 is 0 Å². The van der Waals surface area contributed by atoms with E-state index in [0.717, 1.165) is 16.2 Å². The predicted octanol–water partition coefficient (Wildman–Crippen LogP) is 5.32. The van der Waals surface area contributed by atoms with Gasteiger partial charge in [0.1, 0.15) is 0 Å². The van der Waals surface area contributed by atoms with Gasteiger partial charge < -0.3 is 4.74 Å². The minimum Gasteiger partial charge on any atom is -0.462 e. The summed E-state index contributed by atoms with van der Waals surface area (Å²) in [7, 11) is 0. The lowest BCUT2D eigenvalue weighted by molar-refractivity contribution is 0.0526. The summed E-state index contributed by atoms with van der Waals surface area (Å²) < 4.78 is 5.14. The molecular weight excluding hydrogens is 284 g/mol. The van der Waals surface area contributed by atoms with Crippen molar-refractivity contribution in [2.75, 3.05) is 6.61 Å². The van der Waals surface area contributed by atoms with Gasteiger partial charge in [0.25, 0.3) is 0 Å². The second-order valence-electron chi connectivity index (χ2n) is 5.57. The van der Waals surface area contributed by atoms with Crippen LogP contribution in [-0.4, -0.2) is 12.6 Å². The molecule has 23 heavy (non-hydrogen) atoms. The Kier molecular flexibility index (Phi) is 3.23. The number of rotatable bonds is 2. The Balaban J connectivity index is 2.15. The van der Waals surface area contributed by atoms with E-state index in [9.17, 15) is 4.79 Å². The molecule has 2 nitrogen and oxygen atoms in total. The van der Waals surface area contributed by atoms with Gasteiger partial charge >= 0.3 is 5.97 Å². The number of ether oxygens (including phenoxy) is 1. The minimum absolute atomic E-state index is 0.272. The molecule has 0 amide bonds. The summed E-state index contributed by atoms with van der Waals surface area (Å²) in [4.78, 5) is 12.1. The second kappa shape index (κ2) is 5.40. The van der Waals surface area contributed by atoms with Crippen molar-refractivity contribution in [2.45, 2.75) is 6.92 Å². The first-order valence-electron chi connectivity index (χ1n) is 7.80. The fourth-order valence-corrected chi connectivity index (χ4v) is 3.25. The molecule has 0 fully saturated rings. The molecule has 2 heteroatoms. The summed E-state index contributed by atoms with van der Waals surface area (Å²) in [6, 6.07) is 22.5. The van der Waals surface area contributed by atoms with Crippen LogP contribution in [0.25, 0.3) is 32.3 Å². The first-order valence-corrected chi connectivity index (χ1v) is 7.80. The molecule has 112 valence electrons. The van der Waals surface area contributed by atoms with Crippen molar-refractivity contribution in [2.24, 2.45) is 0 Å². The lowest BCUT2D eigenvalue weighted by atomic mass is 9.93. The van der Waals surface area contributed by atoms with Gasteiger partial charge in [-0.25, -0.2) is 4.79 Å². The molecule has 0 aliphatic heterocycles. The Hall–Kier alpha value is -2.87. The maximum Gasteiger partial charge on any atom is 0.338 e. The summed E-state index contributed by atoms with van der Waals surface area (Å²) in [6.07, 6.45) is 0. The number of fused-ring (bicyclic) bond motifs is 6. The molecule has 0 saturated carbocycles. The molecule has 0 spiro atoms. The molecule has 0 heterocycles. The number of carbonyl (C=O) groups excluding carboxylic acids is 1. The summed E-state index contributed by atoms with van der Waals surface area (Å²) >= 11 is 0. The second-order valence-corrected chi connectivity index (χ2v) is 5.57. The largest absolute Gasteiger partial charge is 0.462 e. The van der Waals surface area contributed by atoms with Crippen LogP contribution in [0.3, 0.4) is 0 Å². The highest BCUT2D eigenvalue weighted by atomic mass is 16.5. The predicted molar refractivity (Wildman–Crippen MR) is 94.9 cm³/mol. The van der Waals surface area contributed by atoms with E-state index in [1.807, 2.05) is 31.2 Å². The van der Waals surface area contributed by atoms with E-state index in [4.69, 9.17) is 4.74 Å². The molecule has 0 aliphatic rings. The maximum absolute atomic E-state index is 12.1. The summed E-state index contributed by atoms with van der Waals surface area (Å²) in [6.45, 7) is 2.21. The summed E-state index contributed by atoms with van der Waals surface area (Å²) in [5.74, 6) is -0.272. The van der Waals surface area contributed by atoms with Gasteiger partial charge in [-0.3, -0.25) is 0 Å². The van der Waals surface area contributed by atoms with Gasteiger partial charge in [0.2, 0.25) is 0 Å². The minimum atomic E-state index is -0.272. The first kappa shape index (κ1) is 13.8. The molecule has 4 aromatic carbocycles. The number of esters is 1. The SMILES string of the molecule is CCOC(=O)c1ccc2c3ccccc3c3ccccc3c2c1. The average Bonchev–Trinajstić information content (AvgIpc) is 2.62. The third-order valence-corrected chi connectivity index (χ3v) is 4.26. The zero-order chi connectivity index (χ0) is 15.8. The maximum atomic E-state index is 12.1. The Bertz CT molecular complexity index is 1010. The Labute approximate surface area is 134 Å². The van der Waals surface area contributed by atoms with Crippen molar-refractivity contribution in [3.8, 4) is 0 Å². The Morgan fingerprint density at radius 1 is 0.739 bits per heavy atom. The highest BCUT2D eigenvalue weighted by Crippen LogP contribution is 2.35. The molecule has 0 aromatic heterocycles. The van der Waals surface area contributed by atoms with E-state index in [1.165, 1.54) is 16.2 Å². The van der Waals surface area contributed by atoms with Gasteiger partial charge in [-0.1, -0.05) is 54.6 Å². The van der Waals surface area contributed by atoms with Crippen LogP contribution in [0.1, 0.15) is 17.3 Å². The van der Waals surface area contributed by atoms with Crippen molar-refractivity contribution < 1.29 is 9.53 Å². The van der Waals surface area contributed by atoms with E-state index in [1.54, 1.807) is 0 Å². The highest BCUT2D eigenvalue weighted by Gasteiger charge is 2.11. The van der Waals surface area contributed by atoms with Crippen LogP contribution in [-0.2, 0) is 4.74 Å². The number of benzene rings is 4. The van der Waals surface area contributed by atoms with E-state index in [0.29, 0.717) is 12.2 Å². The van der Waals surface area contributed by atoms with Crippen molar-refractivity contribution in [3.05, 3.63) is 72.3 Å². The zero-order valence-electron chi connectivity index (χ0n) is 12.9. The lowest BCUT2D eigenvalue weighted by Gasteiger charge is -2.11. The summed E-state index contributed by atoms with van der Waals surface area (Å²) in [5, 5.41) is 7.05. The zero-order valence-corrected chi connectivity index (χ0v) is 12.9. The van der Waals surface area contributed by atoms with Gasteiger partial charge in [0, 0.05) is 0 Å². The van der Waals surface area contributed by atoms with Gasteiger partial charge in [-0.05, 0) is 51.4 Å². The molecule has 4 aromatic rings. The van der Waals surface area contributed by atoms with Crippen molar-refractivity contribution in [1.29, 1.82) is 0 Å². The lowest BCUT2D eigenvalue weighted by Crippen LogP contribution is -2.04. The monoisotopic (exact) mass is 300 g/mol. The fraction of sp³-hybridized carbons (Fsp3) is 0.0952. The number of carbonyl (C=O) groups is 1. The van der Waals surface area contributed by atoms with Crippen LogP contribution in [0, 0.1) is 0 Å². The number of hydrogen-bond acceptors (Lipinski definition) is 2. The molecule has 0 aliphatic carbocycles. The molecule has 0 saturated heterocycles. The molecule has 4 rings (SSSR count). The van der Waals surface area contributed by atoms with E-state index in [-0.39, 0.29) is 5.97 Å². The van der Waals surface area contributed by atoms with Crippen LogP contribution >= 0.6 is 0 Å². The molecule has 0 N–H and O–H groups in total. The Morgan fingerprint density at radius 3 is 1.74 bits per heavy atom. The van der Waals surface area contributed by atoms with Gasteiger partial charge in [-0.15, -0.1) is 0 Å². The van der Waals surface area contributed by atoms with E-state index >= 15 is 0 Å². The smallest absolute Gasteiger partial charge is 0.338 e. The molecular formula is C21H16O2.